The number of fused-ring (bicyclic) bond motifs is 1. The minimum Gasteiger partial charge on any atom is -0.312 e. The van der Waals surface area contributed by atoms with Gasteiger partial charge in [-0.05, 0) is 60.9 Å². The summed E-state index contributed by atoms with van der Waals surface area (Å²) in [7, 11) is 0. The molecule has 1 amide bonds. The van der Waals surface area contributed by atoms with Crippen molar-refractivity contribution >= 4 is 35.0 Å². The highest BCUT2D eigenvalue weighted by Gasteiger charge is 2.21. The number of amides is 1. The Hall–Kier alpha value is -1.45. The molecule has 0 fully saturated rings. The molecule has 0 bridgehead atoms. The lowest BCUT2D eigenvalue weighted by Gasteiger charge is -2.29. The van der Waals surface area contributed by atoms with Crippen LogP contribution in [0.25, 0.3) is 0 Å². The Morgan fingerprint density at radius 3 is 2.74 bits per heavy atom. The minimum atomic E-state index is 0.244. The monoisotopic (exact) mass is 345 g/mol. The van der Waals surface area contributed by atoms with E-state index in [1.165, 1.54) is 10.5 Å². The van der Waals surface area contributed by atoms with Crippen molar-refractivity contribution in [3.8, 4) is 0 Å². The summed E-state index contributed by atoms with van der Waals surface area (Å²) >= 11 is 7.66. The number of hydrogen-bond acceptors (Lipinski definition) is 2. The van der Waals surface area contributed by atoms with Crippen LogP contribution in [0.4, 0.5) is 5.69 Å². The molecule has 0 atom stereocenters. The second-order valence-electron chi connectivity index (χ2n) is 5.68. The lowest BCUT2D eigenvalue weighted by Crippen LogP contribution is -2.35. The summed E-state index contributed by atoms with van der Waals surface area (Å²) < 4.78 is 0. The molecule has 3 rings (SSSR count). The van der Waals surface area contributed by atoms with Gasteiger partial charge in [0, 0.05) is 28.6 Å². The Kier molecular flexibility index (Phi) is 5.63. The van der Waals surface area contributed by atoms with E-state index in [4.69, 9.17) is 11.6 Å². The molecule has 0 radical (unpaired) electrons. The van der Waals surface area contributed by atoms with Crippen molar-refractivity contribution in [2.75, 3.05) is 17.2 Å². The van der Waals surface area contributed by atoms with Crippen LogP contribution in [0.15, 0.2) is 53.4 Å². The van der Waals surface area contributed by atoms with Gasteiger partial charge in [0.05, 0.1) is 0 Å². The van der Waals surface area contributed by atoms with Gasteiger partial charge < -0.3 is 4.90 Å². The molecule has 0 aromatic heterocycles. The third-order valence-corrected chi connectivity index (χ3v) is 5.38. The average Bonchev–Trinajstić information content (AvgIpc) is 2.59. The van der Waals surface area contributed by atoms with E-state index in [-0.39, 0.29) is 5.91 Å². The molecule has 120 valence electrons. The molecule has 2 aromatic rings. The summed E-state index contributed by atoms with van der Waals surface area (Å²) in [5.41, 5.74) is 2.40. The van der Waals surface area contributed by atoms with E-state index in [1.807, 2.05) is 35.2 Å². The zero-order valence-corrected chi connectivity index (χ0v) is 14.6. The topological polar surface area (TPSA) is 20.3 Å². The largest absolute Gasteiger partial charge is 0.312 e. The van der Waals surface area contributed by atoms with Gasteiger partial charge in [0.1, 0.15) is 0 Å². The highest BCUT2D eigenvalue weighted by atomic mass is 35.5. The summed E-state index contributed by atoms with van der Waals surface area (Å²) in [4.78, 5) is 15.7. The van der Waals surface area contributed by atoms with E-state index in [0.717, 1.165) is 42.3 Å². The normalized spacial score (nSPS) is 13.7. The van der Waals surface area contributed by atoms with Crippen LogP contribution in [0.1, 0.15) is 24.8 Å². The highest BCUT2D eigenvalue weighted by molar-refractivity contribution is 7.99. The molecule has 4 heteroatoms. The van der Waals surface area contributed by atoms with Gasteiger partial charge in [-0.1, -0.05) is 29.8 Å². The number of para-hydroxylation sites is 1. The van der Waals surface area contributed by atoms with Gasteiger partial charge in [0.15, 0.2) is 0 Å². The summed E-state index contributed by atoms with van der Waals surface area (Å²) in [6, 6.07) is 16.1. The van der Waals surface area contributed by atoms with Crippen LogP contribution in [0.2, 0.25) is 5.02 Å². The molecule has 1 heterocycles. The number of carbonyl (C=O) groups excluding carboxylic acids is 1. The van der Waals surface area contributed by atoms with E-state index in [2.05, 4.69) is 18.2 Å². The van der Waals surface area contributed by atoms with Crippen molar-refractivity contribution in [2.45, 2.75) is 30.6 Å². The zero-order valence-electron chi connectivity index (χ0n) is 13.0. The SMILES string of the molecule is O=C(CCCSc1ccc(Cl)cc1)N1CCCc2ccccc21. The number of aryl methyl sites for hydroxylation is 1. The Balaban J connectivity index is 1.49. The Morgan fingerprint density at radius 2 is 1.91 bits per heavy atom. The van der Waals surface area contributed by atoms with Crippen LogP contribution in [0.5, 0.6) is 0 Å². The fraction of sp³-hybridized carbons (Fsp3) is 0.316. The van der Waals surface area contributed by atoms with Crippen molar-refractivity contribution in [1.29, 1.82) is 0 Å². The van der Waals surface area contributed by atoms with Crippen molar-refractivity contribution in [3.63, 3.8) is 0 Å². The molecular formula is C19H20ClNOS. The maximum Gasteiger partial charge on any atom is 0.227 e. The fourth-order valence-corrected chi connectivity index (χ4v) is 3.85. The molecule has 0 unspecified atom stereocenters. The Morgan fingerprint density at radius 1 is 1.13 bits per heavy atom. The minimum absolute atomic E-state index is 0.244. The smallest absolute Gasteiger partial charge is 0.227 e. The van der Waals surface area contributed by atoms with E-state index in [1.54, 1.807) is 11.8 Å². The van der Waals surface area contributed by atoms with E-state index < -0.39 is 0 Å². The molecular weight excluding hydrogens is 326 g/mol. The molecule has 0 spiro atoms. The maximum absolute atomic E-state index is 12.5. The molecule has 1 aliphatic heterocycles. The molecule has 2 nitrogen and oxygen atoms in total. The van der Waals surface area contributed by atoms with Crippen LogP contribution in [-0.2, 0) is 11.2 Å². The molecule has 0 saturated heterocycles. The van der Waals surface area contributed by atoms with Gasteiger partial charge in [-0.2, -0.15) is 0 Å². The van der Waals surface area contributed by atoms with Gasteiger partial charge in [0.25, 0.3) is 0 Å². The van der Waals surface area contributed by atoms with Gasteiger partial charge in [-0.3, -0.25) is 4.79 Å². The molecule has 0 N–H and O–H groups in total. The van der Waals surface area contributed by atoms with Crippen LogP contribution in [0.3, 0.4) is 0 Å². The quantitative estimate of drug-likeness (QED) is 0.549. The number of rotatable bonds is 5. The zero-order chi connectivity index (χ0) is 16.1. The number of halogens is 1. The fourth-order valence-electron chi connectivity index (χ4n) is 2.87. The molecule has 2 aromatic carbocycles. The first-order valence-corrected chi connectivity index (χ1v) is 9.37. The van der Waals surface area contributed by atoms with Crippen LogP contribution in [0, 0.1) is 0 Å². The Bertz CT molecular complexity index is 671. The Labute approximate surface area is 146 Å². The third kappa shape index (κ3) is 4.30. The van der Waals surface area contributed by atoms with Crippen molar-refractivity contribution in [1.82, 2.24) is 0 Å². The van der Waals surface area contributed by atoms with Gasteiger partial charge in [-0.25, -0.2) is 0 Å². The lowest BCUT2D eigenvalue weighted by molar-refractivity contribution is -0.118. The van der Waals surface area contributed by atoms with Crippen molar-refractivity contribution in [2.24, 2.45) is 0 Å². The van der Waals surface area contributed by atoms with Crippen molar-refractivity contribution < 1.29 is 4.79 Å². The van der Waals surface area contributed by atoms with Crippen LogP contribution < -0.4 is 4.90 Å². The average molecular weight is 346 g/mol. The number of nitrogens with zero attached hydrogens (tertiary/aromatic N) is 1. The summed E-state index contributed by atoms with van der Waals surface area (Å²) in [5.74, 6) is 1.19. The van der Waals surface area contributed by atoms with Crippen LogP contribution >= 0.6 is 23.4 Å². The van der Waals surface area contributed by atoms with E-state index in [0.29, 0.717) is 6.42 Å². The molecule has 23 heavy (non-hydrogen) atoms. The maximum atomic E-state index is 12.5. The predicted octanol–water partition coefficient (Wildman–Crippen LogP) is 5.19. The van der Waals surface area contributed by atoms with Gasteiger partial charge in [0.2, 0.25) is 5.91 Å². The van der Waals surface area contributed by atoms with E-state index in [9.17, 15) is 4.79 Å². The number of benzene rings is 2. The molecule has 0 saturated carbocycles. The van der Waals surface area contributed by atoms with E-state index >= 15 is 0 Å². The predicted molar refractivity (Wildman–Crippen MR) is 98.5 cm³/mol. The lowest BCUT2D eigenvalue weighted by atomic mass is 10.0. The number of anilines is 1. The number of hydrogen-bond donors (Lipinski definition) is 0. The number of thioether (sulfide) groups is 1. The number of carbonyl (C=O) groups is 1. The summed E-state index contributed by atoms with van der Waals surface area (Å²) in [6.45, 7) is 0.847. The first-order chi connectivity index (χ1) is 11.2. The van der Waals surface area contributed by atoms with Gasteiger partial charge in [-0.15, -0.1) is 11.8 Å². The molecule has 1 aliphatic rings. The standard InChI is InChI=1S/C19H20ClNOS/c20-16-9-11-17(12-10-16)23-14-4-8-19(22)21-13-3-6-15-5-1-2-7-18(15)21/h1-2,5,7,9-12H,3-4,6,8,13-14H2. The summed E-state index contributed by atoms with van der Waals surface area (Å²) in [6.07, 6.45) is 3.63. The molecule has 0 aliphatic carbocycles. The highest BCUT2D eigenvalue weighted by Crippen LogP contribution is 2.28. The second-order valence-corrected chi connectivity index (χ2v) is 7.29. The second kappa shape index (κ2) is 7.89. The first kappa shape index (κ1) is 16.4. The van der Waals surface area contributed by atoms with Crippen molar-refractivity contribution in [3.05, 3.63) is 59.1 Å². The first-order valence-electron chi connectivity index (χ1n) is 8.01. The third-order valence-electron chi connectivity index (χ3n) is 4.03. The summed E-state index contributed by atoms with van der Waals surface area (Å²) in [5, 5.41) is 0.758. The van der Waals surface area contributed by atoms with Crippen LogP contribution in [-0.4, -0.2) is 18.2 Å². The van der Waals surface area contributed by atoms with Gasteiger partial charge >= 0.3 is 0 Å².